The number of benzene rings is 1. The van der Waals surface area contributed by atoms with Crippen molar-refractivity contribution in [2.75, 3.05) is 38.1 Å². The molecule has 2 aliphatic heterocycles. The van der Waals surface area contributed by atoms with Crippen LogP contribution in [0.15, 0.2) is 36.5 Å². The number of aromatic nitrogens is 2. The molecule has 0 aliphatic carbocycles. The summed E-state index contributed by atoms with van der Waals surface area (Å²) in [6, 6.07) is 7.73. The van der Waals surface area contributed by atoms with Crippen molar-refractivity contribution in [2.45, 2.75) is 12.0 Å². The van der Waals surface area contributed by atoms with Gasteiger partial charge in [-0.3, -0.25) is 19.6 Å². The van der Waals surface area contributed by atoms with Gasteiger partial charge < -0.3 is 9.80 Å². The quantitative estimate of drug-likeness (QED) is 0.874. The maximum Gasteiger partial charge on any atom is 0.271 e. The van der Waals surface area contributed by atoms with E-state index < -0.39 is 0 Å². The summed E-state index contributed by atoms with van der Waals surface area (Å²) in [6.45, 7) is 1.79. The van der Waals surface area contributed by atoms with Gasteiger partial charge in [-0.25, -0.2) is 4.39 Å². The molecule has 1 atom stereocenters. The summed E-state index contributed by atoms with van der Waals surface area (Å²) in [5.41, 5.74) is 0.676. The summed E-state index contributed by atoms with van der Waals surface area (Å²) in [5, 5.41) is 6.54. The van der Waals surface area contributed by atoms with Crippen molar-refractivity contribution in [3.05, 3.63) is 48.0 Å². The van der Waals surface area contributed by atoms with E-state index in [1.165, 1.54) is 12.1 Å². The average molecular weight is 357 g/mol. The number of carbonyl (C=O) groups is 2. The Balaban J connectivity index is 1.57. The number of piperazine rings is 1. The van der Waals surface area contributed by atoms with Crippen molar-refractivity contribution < 1.29 is 14.0 Å². The number of nitrogens with one attached hydrogen (secondary N) is 1. The molecule has 1 aromatic carbocycles. The van der Waals surface area contributed by atoms with Crippen LogP contribution in [0.2, 0.25) is 0 Å². The van der Waals surface area contributed by atoms with Crippen LogP contribution in [0.25, 0.3) is 0 Å². The number of hydrogen-bond donors (Lipinski definition) is 1. The molecule has 2 aliphatic rings. The molecule has 136 valence electrons. The largest absolute Gasteiger partial charge is 0.335 e. The van der Waals surface area contributed by atoms with E-state index in [0.717, 1.165) is 6.42 Å². The van der Waals surface area contributed by atoms with Crippen molar-refractivity contribution in [3.63, 3.8) is 0 Å². The smallest absolute Gasteiger partial charge is 0.271 e. The molecule has 2 fully saturated rings. The van der Waals surface area contributed by atoms with E-state index in [0.29, 0.717) is 31.0 Å². The number of nitrogens with zero attached hydrogens (tertiary/aromatic N) is 4. The normalized spacial score (nSPS) is 23.8. The summed E-state index contributed by atoms with van der Waals surface area (Å²) >= 11 is 0. The van der Waals surface area contributed by atoms with Crippen LogP contribution in [0.5, 0.6) is 0 Å². The zero-order chi connectivity index (χ0) is 18.3. The molecule has 0 unspecified atom stereocenters. The van der Waals surface area contributed by atoms with E-state index in [2.05, 4.69) is 10.2 Å². The molecule has 8 heteroatoms. The van der Waals surface area contributed by atoms with E-state index in [-0.39, 0.29) is 29.7 Å². The van der Waals surface area contributed by atoms with Crippen LogP contribution >= 0.6 is 0 Å². The van der Waals surface area contributed by atoms with Crippen LogP contribution in [-0.2, 0) is 4.79 Å². The van der Waals surface area contributed by atoms with Crippen LogP contribution in [0, 0.1) is 5.82 Å². The molecule has 1 N–H and O–H groups in total. The number of halogens is 1. The Labute approximate surface area is 150 Å². The Bertz CT molecular complexity index is 840. The summed E-state index contributed by atoms with van der Waals surface area (Å²) in [5.74, 6) is -0.533. The highest BCUT2D eigenvalue weighted by molar-refractivity contribution is 5.96. The molecule has 7 nitrogen and oxygen atoms in total. The van der Waals surface area contributed by atoms with Gasteiger partial charge in [0.15, 0.2) is 0 Å². The number of likely N-dealkylation sites (N-methyl/N-ethyl adjacent to an activating group) is 1. The fraction of sp³-hybridized carbons (Fsp3) is 0.389. The van der Waals surface area contributed by atoms with E-state index in [1.54, 1.807) is 34.2 Å². The summed E-state index contributed by atoms with van der Waals surface area (Å²) < 4.78 is 13.6. The predicted molar refractivity (Wildman–Crippen MR) is 93.2 cm³/mol. The Morgan fingerprint density at radius 1 is 1.31 bits per heavy atom. The second-order valence-electron chi connectivity index (χ2n) is 6.99. The lowest BCUT2D eigenvalue weighted by molar-refractivity contribution is -0.123. The molecule has 4 rings (SSSR count). The van der Waals surface area contributed by atoms with E-state index in [4.69, 9.17) is 0 Å². The molecule has 26 heavy (non-hydrogen) atoms. The zero-order valence-corrected chi connectivity index (χ0v) is 14.5. The monoisotopic (exact) mass is 357 g/mol. The third-order valence-electron chi connectivity index (χ3n) is 5.41. The Morgan fingerprint density at radius 2 is 2.15 bits per heavy atom. The number of aromatic amines is 1. The van der Waals surface area contributed by atoms with Gasteiger partial charge in [0.25, 0.3) is 5.91 Å². The van der Waals surface area contributed by atoms with Gasteiger partial charge in [0.05, 0.1) is 12.1 Å². The molecule has 0 bridgehead atoms. The first kappa shape index (κ1) is 16.7. The lowest BCUT2D eigenvalue weighted by atomic mass is 9.92. The highest BCUT2D eigenvalue weighted by Gasteiger charge is 2.48. The van der Waals surface area contributed by atoms with Gasteiger partial charge in [0, 0.05) is 31.5 Å². The van der Waals surface area contributed by atoms with Crippen molar-refractivity contribution in [1.29, 1.82) is 0 Å². The van der Waals surface area contributed by atoms with E-state index >= 15 is 0 Å². The van der Waals surface area contributed by atoms with Crippen molar-refractivity contribution >= 4 is 17.5 Å². The minimum atomic E-state index is -0.370. The second-order valence-corrected chi connectivity index (χ2v) is 6.99. The van der Waals surface area contributed by atoms with E-state index in [1.807, 2.05) is 11.9 Å². The van der Waals surface area contributed by atoms with Crippen molar-refractivity contribution in [1.82, 2.24) is 20.0 Å². The van der Waals surface area contributed by atoms with Crippen LogP contribution in [0.1, 0.15) is 16.9 Å². The summed E-state index contributed by atoms with van der Waals surface area (Å²) in [6.07, 6.45) is 2.30. The fourth-order valence-electron chi connectivity index (χ4n) is 3.85. The molecular formula is C18H20FN5O2. The topological polar surface area (TPSA) is 72.5 Å². The lowest BCUT2D eigenvalue weighted by Gasteiger charge is -2.46. The number of H-pyrrole nitrogens is 1. The maximum atomic E-state index is 13.6. The highest BCUT2D eigenvalue weighted by Crippen LogP contribution is 2.34. The average Bonchev–Trinajstić information content (AvgIpc) is 3.29. The van der Waals surface area contributed by atoms with Gasteiger partial charge in [0.1, 0.15) is 11.5 Å². The van der Waals surface area contributed by atoms with Gasteiger partial charge in [-0.15, -0.1) is 0 Å². The molecule has 2 saturated heterocycles. The minimum absolute atomic E-state index is 0.0675. The van der Waals surface area contributed by atoms with Crippen LogP contribution in [0.4, 0.5) is 10.1 Å². The lowest BCUT2D eigenvalue weighted by Crippen LogP contribution is -2.64. The first-order valence-corrected chi connectivity index (χ1v) is 8.54. The molecule has 1 aromatic heterocycles. The van der Waals surface area contributed by atoms with Gasteiger partial charge in [-0.05, 0) is 37.7 Å². The number of likely N-dealkylation sites (tertiary alicyclic amines) is 1. The fourth-order valence-corrected chi connectivity index (χ4v) is 3.85. The molecule has 0 radical (unpaired) electrons. The first-order chi connectivity index (χ1) is 12.5. The molecule has 2 aromatic rings. The third kappa shape index (κ3) is 2.76. The summed E-state index contributed by atoms with van der Waals surface area (Å²) in [7, 11) is 1.91. The number of amides is 2. The van der Waals surface area contributed by atoms with E-state index in [9.17, 15) is 14.0 Å². The SMILES string of the molecule is CN1CC(=O)N(c2cccc(F)c2)C[C@@]12CCN(C(=O)c1ccn[nH]1)C2. The standard InChI is InChI=1S/C18H20FN5O2/c1-22-10-16(25)24(14-4-2-3-13(19)9-14)12-18(22)6-8-23(11-18)17(26)15-5-7-20-21-15/h2-5,7,9H,6,8,10-12H2,1H3,(H,20,21)/t18-/m0/s1. The molecular weight excluding hydrogens is 337 g/mol. The molecule has 0 saturated carbocycles. The molecule has 1 spiro atoms. The predicted octanol–water partition coefficient (Wildman–Crippen LogP) is 1.11. The Morgan fingerprint density at radius 3 is 2.88 bits per heavy atom. The Hall–Kier alpha value is -2.74. The molecule has 2 amide bonds. The van der Waals surface area contributed by atoms with Gasteiger partial charge in [-0.2, -0.15) is 5.10 Å². The minimum Gasteiger partial charge on any atom is -0.335 e. The number of anilines is 1. The van der Waals surface area contributed by atoms with Gasteiger partial charge >= 0.3 is 0 Å². The zero-order valence-electron chi connectivity index (χ0n) is 14.5. The number of hydrogen-bond acceptors (Lipinski definition) is 4. The summed E-state index contributed by atoms with van der Waals surface area (Å²) in [4.78, 5) is 30.6. The number of carbonyl (C=O) groups excluding carboxylic acids is 2. The first-order valence-electron chi connectivity index (χ1n) is 8.54. The van der Waals surface area contributed by atoms with Gasteiger partial charge in [-0.1, -0.05) is 6.07 Å². The van der Waals surface area contributed by atoms with Crippen LogP contribution in [-0.4, -0.2) is 70.6 Å². The third-order valence-corrected chi connectivity index (χ3v) is 5.41. The van der Waals surface area contributed by atoms with Crippen LogP contribution < -0.4 is 4.90 Å². The highest BCUT2D eigenvalue weighted by atomic mass is 19.1. The second kappa shape index (κ2) is 6.21. The van der Waals surface area contributed by atoms with Gasteiger partial charge in [0.2, 0.25) is 5.91 Å². The Kier molecular flexibility index (Phi) is 3.99. The van der Waals surface area contributed by atoms with Crippen LogP contribution in [0.3, 0.4) is 0 Å². The van der Waals surface area contributed by atoms with Crippen molar-refractivity contribution in [2.24, 2.45) is 0 Å². The maximum absolute atomic E-state index is 13.6. The molecule has 3 heterocycles. The number of rotatable bonds is 2. The van der Waals surface area contributed by atoms with Crippen molar-refractivity contribution in [3.8, 4) is 0 Å².